The van der Waals surface area contributed by atoms with Gasteiger partial charge >= 0.3 is 12.0 Å². The Morgan fingerprint density at radius 1 is 1.33 bits per heavy atom. The van der Waals surface area contributed by atoms with Crippen LogP contribution < -0.4 is 11.1 Å². The molecular formula is C14H25N3O4. The predicted octanol–water partition coefficient (Wildman–Crippen LogP) is 0.927. The summed E-state index contributed by atoms with van der Waals surface area (Å²) in [5, 5.41) is 11.4. The fourth-order valence-corrected chi connectivity index (χ4v) is 2.71. The summed E-state index contributed by atoms with van der Waals surface area (Å²) in [6, 6.07) is -1.69. The zero-order chi connectivity index (χ0) is 15.8. The van der Waals surface area contributed by atoms with Gasteiger partial charge in [0.1, 0.15) is 6.04 Å². The average Bonchev–Trinajstić information content (AvgIpc) is 2.63. The first-order chi connectivity index (χ1) is 9.93. The summed E-state index contributed by atoms with van der Waals surface area (Å²) in [6.07, 6.45) is 4.86. The number of primary amides is 1. The highest BCUT2D eigenvalue weighted by Crippen LogP contribution is 2.21. The number of nitrogens with one attached hydrogen (secondary N) is 1. The number of carboxylic acid groups (broad SMARTS) is 1. The molecule has 1 saturated heterocycles. The van der Waals surface area contributed by atoms with Gasteiger partial charge in [-0.3, -0.25) is 4.79 Å². The molecule has 1 rings (SSSR count). The van der Waals surface area contributed by atoms with Crippen LogP contribution in [0.3, 0.4) is 0 Å². The molecule has 1 heterocycles. The maximum Gasteiger partial charge on any atom is 0.326 e. The normalized spacial score (nSPS) is 20.4. The Bertz CT molecular complexity index is 386. The molecule has 2 unspecified atom stereocenters. The number of carbonyl (C=O) groups excluding carboxylic acids is 2. The van der Waals surface area contributed by atoms with Gasteiger partial charge in [-0.25, -0.2) is 9.59 Å². The van der Waals surface area contributed by atoms with Crippen molar-refractivity contribution < 1.29 is 19.5 Å². The summed E-state index contributed by atoms with van der Waals surface area (Å²) in [5.74, 6) is -1.36. The van der Waals surface area contributed by atoms with Gasteiger partial charge in [0.15, 0.2) is 0 Å². The quantitative estimate of drug-likeness (QED) is 0.677. The highest BCUT2D eigenvalue weighted by Gasteiger charge is 2.26. The van der Waals surface area contributed by atoms with E-state index in [1.165, 1.54) is 0 Å². The number of carboxylic acids is 1. The lowest BCUT2D eigenvalue weighted by Crippen LogP contribution is -2.49. The first-order valence-corrected chi connectivity index (χ1v) is 7.50. The van der Waals surface area contributed by atoms with E-state index >= 15 is 0 Å². The van der Waals surface area contributed by atoms with Crippen molar-refractivity contribution in [1.29, 1.82) is 0 Å². The van der Waals surface area contributed by atoms with Crippen LogP contribution in [0.2, 0.25) is 0 Å². The summed E-state index contributed by atoms with van der Waals surface area (Å²) in [7, 11) is 0. The second-order valence-corrected chi connectivity index (χ2v) is 5.58. The predicted molar refractivity (Wildman–Crippen MR) is 77.6 cm³/mol. The first kappa shape index (κ1) is 17.3. The monoisotopic (exact) mass is 299 g/mol. The van der Waals surface area contributed by atoms with Crippen LogP contribution >= 0.6 is 0 Å². The lowest BCUT2D eigenvalue weighted by atomic mass is 9.96. The molecule has 0 bridgehead atoms. The van der Waals surface area contributed by atoms with Crippen LogP contribution in [0.4, 0.5) is 4.79 Å². The van der Waals surface area contributed by atoms with Crippen molar-refractivity contribution in [3.8, 4) is 0 Å². The van der Waals surface area contributed by atoms with Crippen molar-refractivity contribution >= 4 is 17.9 Å². The SMILES string of the molecule is CCCC1CCCN(C(=O)NC(CC(N)=O)C(=O)O)CC1. The van der Waals surface area contributed by atoms with Gasteiger partial charge in [-0.2, -0.15) is 0 Å². The molecule has 0 radical (unpaired) electrons. The second kappa shape index (κ2) is 8.49. The standard InChI is InChI=1S/C14H25N3O4/c1-2-4-10-5-3-7-17(8-6-10)14(21)16-11(13(19)20)9-12(15)18/h10-11H,2-9H2,1H3,(H2,15,18)(H,16,21)(H,19,20). The van der Waals surface area contributed by atoms with Crippen LogP contribution in [0.15, 0.2) is 0 Å². The lowest BCUT2D eigenvalue weighted by Gasteiger charge is -2.23. The zero-order valence-electron chi connectivity index (χ0n) is 12.5. The number of likely N-dealkylation sites (tertiary alicyclic amines) is 1. The zero-order valence-corrected chi connectivity index (χ0v) is 12.5. The van der Waals surface area contributed by atoms with Crippen LogP contribution in [0.1, 0.15) is 45.4 Å². The fourth-order valence-electron chi connectivity index (χ4n) is 2.71. The van der Waals surface area contributed by atoms with E-state index in [-0.39, 0.29) is 0 Å². The minimum atomic E-state index is -1.26. The van der Waals surface area contributed by atoms with E-state index in [2.05, 4.69) is 12.2 Å². The molecular weight excluding hydrogens is 274 g/mol. The molecule has 4 N–H and O–H groups in total. The minimum absolute atomic E-state index is 0.395. The van der Waals surface area contributed by atoms with Crippen molar-refractivity contribution in [3.63, 3.8) is 0 Å². The van der Waals surface area contributed by atoms with Crippen molar-refractivity contribution in [1.82, 2.24) is 10.2 Å². The minimum Gasteiger partial charge on any atom is -0.480 e. The van der Waals surface area contributed by atoms with Gasteiger partial charge in [-0.1, -0.05) is 19.8 Å². The molecule has 0 aromatic heterocycles. The van der Waals surface area contributed by atoms with Crippen LogP contribution in [0.5, 0.6) is 0 Å². The van der Waals surface area contributed by atoms with Crippen LogP contribution in [0, 0.1) is 5.92 Å². The molecule has 1 aliphatic rings. The van der Waals surface area contributed by atoms with E-state index < -0.39 is 30.4 Å². The van der Waals surface area contributed by atoms with Crippen molar-refractivity contribution in [2.45, 2.75) is 51.5 Å². The smallest absolute Gasteiger partial charge is 0.326 e. The number of nitrogens with zero attached hydrogens (tertiary/aromatic N) is 1. The molecule has 0 aromatic carbocycles. The molecule has 7 heteroatoms. The molecule has 1 fully saturated rings. The summed E-state index contributed by atoms with van der Waals surface area (Å²) in [5.41, 5.74) is 4.99. The van der Waals surface area contributed by atoms with E-state index in [0.29, 0.717) is 19.0 Å². The molecule has 3 amide bonds. The highest BCUT2D eigenvalue weighted by molar-refractivity contribution is 5.87. The van der Waals surface area contributed by atoms with Gasteiger partial charge in [0.05, 0.1) is 6.42 Å². The molecule has 0 saturated carbocycles. The van der Waals surface area contributed by atoms with Crippen LogP contribution in [0.25, 0.3) is 0 Å². The number of hydrogen-bond donors (Lipinski definition) is 3. The van der Waals surface area contributed by atoms with Crippen molar-refractivity contribution in [2.24, 2.45) is 11.7 Å². The van der Waals surface area contributed by atoms with Gasteiger partial charge in [-0.05, 0) is 25.2 Å². The Balaban J connectivity index is 2.53. The summed E-state index contributed by atoms with van der Waals surface area (Å²) in [6.45, 7) is 3.39. The van der Waals surface area contributed by atoms with Gasteiger partial charge in [0, 0.05) is 13.1 Å². The number of urea groups is 1. The fraction of sp³-hybridized carbons (Fsp3) is 0.786. The average molecular weight is 299 g/mol. The Morgan fingerprint density at radius 2 is 2.05 bits per heavy atom. The molecule has 1 aliphatic heterocycles. The summed E-state index contributed by atoms with van der Waals surface area (Å²) >= 11 is 0. The molecule has 120 valence electrons. The molecule has 0 spiro atoms. The van der Waals surface area contributed by atoms with Gasteiger partial charge in [-0.15, -0.1) is 0 Å². The van der Waals surface area contributed by atoms with E-state index in [1.54, 1.807) is 4.90 Å². The Hall–Kier alpha value is -1.79. The molecule has 7 nitrogen and oxygen atoms in total. The summed E-state index contributed by atoms with van der Waals surface area (Å²) < 4.78 is 0. The first-order valence-electron chi connectivity index (χ1n) is 7.50. The molecule has 0 aliphatic carbocycles. The lowest BCUT2D eigenvalue weighted by molar-refractivity contribution is -0.140. The largest absolute Gasteiger partial charge is 0.480 e. The van der Waals surface area contributed by atoms with Gasteiger partial charge < -0.3 is 21.1 Å². The van der Waals surface area contributed by atoms with E-state index in [0.717, 1.165) is 32.1 Å². The molecule has 2 atom stereocenters. The van der Waals surface area contributed by atoms with Gasteiger partial charge in [0.25, 0.3) is 0 Å². The third-order valence-electron chi connectivity index (χ3n) is 3.83. The number of carbonyl (C=O) groups is 3. The third-order valence-corrected chi connectivity index (χ3v) is 3.83. The topological polar surface area (TPSA) is 113 Å². The third kappa shape index (κ3) is 6.01. The van der Waals surface area contributed by atoms with E-state index in [4.69, 9.17) is 10.8 Å². The van der Waals surface area contributed by atoms with Crippen LogP contribution in [-0.2, 0) is 9.59 Å². The van der Waals surface area contributed by atoms with Gasteiger partial charge in [0.2, 0.25) is 5.91 Å². The number of rotatable bonds is 6. The highest BCUT2D eigenvalue weighted by atomic mass is 16.4. The Labute approximate surface area is 124 Å². The number of amides is 3. The van der Waals surface area contributed by atoms with E-state index in [9.17, 15) is 14.4 Å². The maximum absolute atomic E-state index is 12.1. The maximum atomic E-state index is 12.1. The van der Waals surface area contributed by atoms with E-state index in [1.807, 2.05) is 0 Å². The Kier molecular flexibility index (Phi) is 6.98. The van der Waals surface area contributed by atoms with Crippen molar-refractivity contribution in [3.05, 3.63) is 0 Å². The number of hydrogen-bond acceptors (Lipinski definition) is 3. The number of nitrogens with two attached hydrogens (primary N) is 1. The van der Waals surface area contributed by atoms with Crippen LogP contribution in [-0.4, -0.2) is 47.0 Å². The second-order valence-electron chi connectivity index (χ2n) is 5.58. The number of aliphatic carboxylic acids is 1. The van der Waals surface area contributed by atoms with Crippen molar-refractivity contribution in [2.75, 3.05) is 13.1 Å². The summed E-state index contributed by atoms with van der Waals surface area (Å²) in [4.78, 5) is 35.6. The Morgan fingerprint density at radius 3 is 2.62 bits per heavy atom. The molecule has 21 heavy (non-hydrogen) atoms. The molecule has 0 aromatic rings.